The van der Waals surface area contributed by atoms with Crippen LogP contribution in [0, 0.1) is 0 Å². The van der Waals surface area contributed by atoms with Crippen LogP contribution in [-0.2, 0) is 6.54 Å². The van der Waals surface area contributed by atoms with Gasteiger partial charge >= 0.3 is 0 Å². The summed E-state index contributed by atoms with van der Waals surface area (Å²) in [5.74, 6) is 0.792. The lowest BCUT2D eigenvalue weighted by Crippen LogP contribution is -2.03. The van der Waals surface area contributed by atoms with E-state index in [0.717, 1.165) is 23.1 Å². The van der Waals surface area contributed by atoms with Crippen LogP contribution >= 0.6 is 11.6 Å². The molecule has 0 unspecified atom stereocenters. The van der Waals surface area contributed by atoms with Gasteiger partial charge in [-0.2, -0.15) is 0 Å². The normalized spacial score (nSPS) is 10.8. The van der Waals surface area contributed by atoms with E-state index in [1.807, 2.05) is 28.8 Å². The number of carbonyl (C=O) groups is 1. The summed E-state index contributed by atoms with van der Waals surface area (Å²) in [6.07, 6.45) is 0.805. The van der Waals surface area contributed by atoms with E-state index in [9.17, 15) is 4.79 Å². The van der Waals surface area contributed by atoms with Crippen LogP contribution in [-0.4, -0.2) is 28.2 Å². The first-order valence-electron chi connectivity index (χ1n) is 6.32. The predicted octanol–water partition coefficient (Wildman–Crippen LogP) is 2.95. The van der Waals surface area contributed by atoms with Crippen molar-refractivity contribution >= 4 is 28.9 Å². The average molecular weight is 302 g/mol. The van der Waals surface area contributed by atoms with Gasteiger partial charge in [0.05, 0.1) is 18.3 Å². The van der Waals surface area contributed by atoms with Crippen LogP contribution in [0.15, 0.2) is 36.4 Å². The third kappa shape index (κ3) is 2.60. The summed E-state index contributed by atoms with van der Waals surface area (Å²) in [5, 5.41) is 8.09. The first-order chi connectivity index (χ1) is 10.2. The van der Waals surface area contributed by atoms with Crippen LogP contribution in [0.2, 0.25) is 5.15 Å². The number of hydrogen-bond acceptors (Lipinski definition) is 4. The van der Waals surface area contributed by atoms with Crippen molar-refractivity contribution in [2.24, 2.45) is 0 Å². The van der Waals surface area contributed by atoms with E-state index in [4.69, 9.17) is 16.3 Å². The molecular weight excluding hydrogens is 290 g/mol. The van der Waals surface area contributed by atoms with Crippen molar-refractivity contribution in [3.8, 4) is 5.75 Å². The quantitative estimate of drug-likeness (QED) is 0.695. The molecule has 0 N–H and O–H groups in total. The van der Waals surface area contributed by atoms with Gasteiger partial charge in [0.15, 0.2) is 11.4 Å². The monoisotopic (exact) mass is 301 g/mol. The lowest BCUT2D eigenvalue weighted by atomic mass is 10.2. The third-order valence-electron chi connectivity index (χ3n) is 3.28. The summed E-state index contributed by atoms with van der Waals surface area (Å²) in [4.78, 5) is 11.3. The minimum absolute atomic E-state index is 0.300. The standard InChI is InChI=1S/C15H12ClN3O2/c1-21-12-4-2-10(3-5-12)8-19-11(9-20)6-13-14(19)7-15(16)18-17-13/h2-7,9H,8H2,1H3. The molecule has 2 heterocycles. The molecule has 0 atom stereocenters. The lowest BCUT2D eigenvalue weighted by molar-refractivity contribution is 0.111. The first-order valence-corrected chi connectivity index (χ1v) is 6.69. The summed E-state index contributed by atoms with van der Waals surface area (Å²) in [7, 11) is 1.62. The average Bonchev–Trinajstić information content (AvgIpc) is 2.85. The number of rotatable bonds is 4. The number of ether oxygens (including phenoxy) is 1. The highest BCUT2D eigenvalue weighted by molar-refractivity contribution is 6.29. The number of nitrogens with zero attached hydrogens (tertiary/aromatic N) is 3. The highest BCUT2D eigenvalue weighted by Gasteiger charge is 2.11. The van der Waals surface area contributed by atoms with Gasteiger partial charge in [-0.1, -0.05) is 23.7 Å². The molecule has 0 saturated carbocycles. The van der Waals surface area contributed by atoms with Gasteiger partial charge < -0.3 is 9.30 Å². The van der Waals surface area contributed by atoms with Crippen LogP contribution in [0.4, 0.5) is 0 Å². The fourth-order valence-electron chi connectivity index (χ4n) is 2.23. The Morgan fingerprint density at radius 3 is 2.67 bits per heavy atom. The fraction of sp³-hybridized carbons (Fsp3) is 0.133. The van der Waals surface area contributed by atoms with E-state index < -0.39 is 0 Å². The Morgan fingerprint density at radius 1 is 1.24 bits per heavy atom. The Labute approximate surface area is 126 Å². The van der Waals surface area contributed by atoms with Crippen molar-refractivity contribution in [2.75, 3.05) is 7.11 Å². The second-order valence-electron chi connectivity index (χ2n) is 4.56. The van der Waals surface area contributed by atoms with Gasteiger partial charge in [-0.25, -0.2) is 0 Å². The first kappa shape index (κ1) is 13.6. The molecule has 106 valence electrons. The second-order valence-corrected chi connectivity index (χ2v) is 4.95. The lowest BCUT2D eigenvalue weighted by Gasteiger charge is -2.08. The number of benzene rings is 1. The van der Waals surface area contributed by atoms with Crippen molar-refractivity contribution in [2.45, 2.75) is 6.54 Å². The molecule has 0 radical (unpaired) electrons. The summed E-state index contributed by atoms with van der Waals surface area (Å²) < 4.78 is 7.00. The van der Waals surface area contributed by atoms with Crippen LogP contribution in [0.3, 0.4) is 0 Å². The Balaban J connectivity index is 2.05. The number of halogens is 1. The van der Waals surface area contributed by atoms with Crippen molar-refractivity contribution < 1.29 is 9.53 Å². The summed E-state index contributed by atoms with van der Waals surface area (Å²) in [5.41, 5.74) is 3.02. The van der Waals surface area contributed by atoms with Crippen molar-refractivity contribution in [1.29, 1.82) is 0 Å². The molecule has 6 heteroatoms. The zero-order valence-corrected chi connectivity index (χ0v) is 12.0. The molecule has 0 amide bonds. The number of aromatic nitrogens is 3. The molecule has 21 heavy (non-hydrogen) atoms. The van der Waals surface area contributed by atoms with Crippen LogP contribution < -0.4 is 4.74 Å². The highest BCUT2D eigenvalue weighted by Crippen LogP contribution is 2.21. The molecular formula is C15H12ClN3O2. The smallest absolute Gasteiger partial charge is 0.166 e. The number of methoxy groups -OCH3 is 1. The number of carbonyl (C=O) groups excluding carboxylic acids is 1. The molecule has 0 aliphatic carbocycles. The molecule has 0 aliphatic heterocycles. The van der Waals surface area contributed by atoms with Gasteiger partial charge in [0.25, 0.3) is 0 Å². The molecule has 3 aromatic rings. The van der Waals surface area contributed by atoms with Gasteiger partial charge in [-0.15, -0.1) is 10.2 Å². The fourth-order valence-corrected chi connectivity index (χ4v) is 2.37. The van der Waals surface area contributed by atoms with E-state index in [2.05, 4.69) is 10.2 Å². The summed E-state index contributed by atoms with van der Waals surface area (Å²) in [6.45, 7) is 0.545. The molecule has 3 rings (SSSR count). The van der Waals surface area contributed by atoms with Crippen molar-refractivity contribution in [3.63, 3.8) is 0 Å². The Morgan fingerprint density at radius 2 is 2.00 bits per heavy atom. The van der Waals surface area contributed by atoms with Crippen molar-refractivity contribution in [3.05, 3.63) is 52.8 Å². The Hall–Kier alpha value is -2.40. The zero-order chi connectivity index (χ0) is 14.8. The molecule has 0 bridgehead atoms. The van der Waals surface area contributed by atoms with E-state index in [1.54, 1.807) is 19.2 Å². The largest absolute Gasteiger partial charge is 0.497 e. The number of aldehydes is 1. The number of fused-ring (bicyclic) bond motifs is 1. The van der Waals surface area contributed by atoms with E-state index >= 15 is 0 Å². The van der Waals surface area contributed by atoms with Gasteiger partial charge in [0.2, 0.25) is 0 Å². The van der Waals surface area contributed by atoms with E-state index in [0.29, 0.717) is 22.9 Å². The minimum atomic E-state index is 0.300. The SMILES string of the molecule is COc1ccc(Cn2c(C=O)cc3nnc(Cl)cc32)cc1. The van der Waals surface area contributed by atoms with Crippen LogP contribution in [0.25, 0.3) is 11.0 Å². The highest BCUT2D eigenvalue weighted by atomic mass is 35.5. The molecule has 0 aliphatic rings. The zero-order valence-electron chi connectivity index (χ0n) is 11.3. The maximum Gasteiger partial charge on any atom is 0.166 e. The van der Waals surface area contributed by atoms with Crippen molar-refractivity contribution in [1.82, 2.24) is 14.8 Å². The van der Waals surface area contributed by atoms with Crippen LogP contribution in [0.5, 0.6) is 5.75 Å². The molecule has 0 fully saturated rings. The summed E-state index contributed by atoms with van der Waals surface area (Å²) >= 11 is 5.89. The Bertz CT molecular complexity index is 797. The topological polar surface area (TPSA) is 57.0 Å². The van der Waals surface area contributed by atoms with Crippen LogP contribution in [0.1, 0.15) is 16.1 Å². The van der Waals surface area contributed by atoms with E-state index in [1.165, 1.54) is 0 Å². The molecule has 0 saturated heterocycles. The van der Waals surface area contributed by atoms with Gasteiger partial charge in [0, 0.05) is 12.6 Å². The number of hydrogen-bond donors (Lipinski definition) is 0. The minimum Gasteiger partial charge on any atom is -0.497 e. The maximum absolute atomic E-state index is 11.3. The van der Waals surface area contributed by atoms with Gasteiger partial charge in [-0.05, 0) is 23.8 Å². The van der Waals surface area contributed by atoms with Gasteiger partial charge in [0.1, 0.15) is 11.3 Å². The van der Waals surface area contributed by atoms with Gasteiger partial charge in [-0.3, -0.25) is 4.79 Å². The Kier molecular flexibility index (Phi) is 3.58. The third-order valence-corrected chi connectivity index (χ3v) is 3.46. The maximum atomic E-state index is 11.3. The summed E-state index contributed by atoms with van der Waals surface area (Å²) in [6, 6.07) is 11.1. The molecule has 0 spiro atoms. The second kappa shape index (κ2) is 5.54. The molecule has 1 aromatic carbocycles. The molecule has 5 nitrogen and oxygen atoms in total. The predicted molar refractivity (Wildman–Crippen MR) is 80.0 cm³/mol. The van der Waals surface area contributed by atoms with E-state index in [-0.39, 0.29) is 0 Å². The molecule has 2 aromatic heterocycles.